The van der Waals surface area contributed by atoms with Crippen LogP contribution < -0.4 is 4.18 Å². The smallest absolute Gasteiger partial charge is 0.460 e. The van der Waals surface area contributed by atoms with Crippen LogP contribution in [0.3, 0.4) is 0 Å². The van der Waals surface area contributed by atoms with Crippen molar-refractivity contribution >= 4 is 27.1 Å². The van der Waals surface area contributed by atoms with Crippen LogP contribution in [0, 0.1) is 5.82 Å². The Labute approximate surface area is 125 Å². The van der Waals surface area contributed by atoms with Gasteiger partial charge in [0.05, 0.1) is 18.2 Å². The van der Waals surface area contributed by atoms with Crippen molar-refractivity contribution in [3.8, 4) is 5.75 Å². The van der Waals surface area contributed by atoms with Crippen molar-refractivity contribution in [3.63, 3.8) is 0 Å². The van der Waals surface area contributed by atoms with Gasteiger partial charge in [-0.15, -0.1) is 0 Å². The number of furan rings is 1. The Morgan fingerprint density at radius 3 is 2.57 bits per heavy atom. The fourth-order valence-electron chi connectivity index (χ4n) is 1.53. The molecule has 0 atom stereocenters. The molecule has 0 aromatic carbocycles. The molecule has 2 rings (SSSR count). The van der Waals surface area contributed by atoms with Gasteiger partial charge in [0.25, 0.3) is 5.76 Å². The molecule has 7 nitrogen and oxygen atoms in total. The number of hydrogen-bond acceptors (Lipinski definition) is 7. The van der Waals surface area contributed by atoms with E-state index in [1.54, 1.807) is 0 Å². The molecule has 0 bridgehead atoms. The maximum Gasteiger partial charge on any atom is 0.534 e. The highest BCUT2D eigenvalue weighted by atomic mass is 32.2. The second-order valence-electron chi connectivity index (χ2n) is 3.96. The Kier molecular flexibility index (Phi) is 4.20. The number of rotatable bonds is 4. The summed E-state index contributed by atoms with van der Waals surface area (Å²) in [6.45, 7) is 1.19. The van der Waals surface area contributed by atoms with Gasteiger partial charge in [-0.1, -0.05) is 0 Å². The lowest BCUT2D eigenvalue weighted by Crippen LogP contribution is -2.28. The topological polar surface area (TPSA) is 95.7 Å². The van der Waals surface area contributed by atoms with E-state index in [1.807, 2.05) is 0 Å². The van der Waals surface area contributed by atoms with Crippen molar-refractivity contribution in [1.82, 2.24) is 4.98 Å². The summed E-state index contributed by atoms with van der Waals surface area (Å²) in [4.78, 5) is 15.0. The van der Waals surface area contributed by atoms with Gasteiger partial charge in [0.15, 0.2) is 11.4 Å². The van der Waals surface area contributed by atoms with Crippen LogP contribution in [0.2, 0.25) is 0 Å². The molecular weight excluding hydrogens is 350 g/mol. The number of pyridine rings is 1. The first-order valence-corrected chi connectivity index (χ1v) is 7.23. The average Bonchev–Trinajstić information content (AvgIpc) is 2.78. The molecule has 23 heavy (non-hydrogen) atoms. The lowest BCUT2D eigenvalue weighted by molar-refractivity contribution is -0.0500. The lowest BCUT2D eigenvalue weighted by atomic mass is 10.3. The number of carbonyl (C=O) groups is 1. The van der Waals surface area contributed by atoms with Gasteiger partial charge in [0, 0.05) is 6.20 Å². The molecule has 126 valence electrons. The Morgan fingerprint density at radius 1 is 1.35 bits per heavy atom. The van der Waals surface area contributed by atoms with Gasteiger partial charge in [-0.25, -0.2) is 9.18 Å². The maximum atomic E-state index is 13.6. The molecule has 2 aromatic heterocycles. The second kappa shape index (κ2) is 5.68. The fraction of sp³-hybridized carbons (Fsp3) is 0.273. The van der Waals surface area contributed by atoms with Gasteiger partial charge >= 0.3 is 21.6 Å². The number of esters is 1. The summed E-state index contributed by atoms with van der Waals surface area (Å²) >= 11 is 0. The van der Waals surface area contributed by atoms with Gasteiger partial charge in [0.2, 0.25) is 5.75 Å². The third-order valence-electron chi connectivity index (χ3n) is 2.45. The van der Waals surface area contributed by atoms with E-state index in [9.17, 15) is 30.8 Å². The van der Waals surface area contributed by atoms with E-state index in [1.165, 1.54) is 6.92 Å². The molecule has 2 heterocycles. The highest BCUT2D eigenvalue weighted by molar-refractivity contribution is 7.88. The number of nitrogens with zero attached hydrogens (tertiary/aromatic N) is 1. The van der Waals surface area contributed by atoms with Crippen LogP contribution >= 0.6 is 0 Å². The lowest BCUT2D eigenvalue weighted by Gasteiger charge is -2.09. The molecule has 0 spiro atoms. The van der Waals surface area contributed by atoms with Gasteiger partial charge in [-0.3, -0.25) is 4.98 Å². The minimum atomic E-state index is -6.11. The monoisotopic (exact) mass is 357 g/mol. The van der Waals surface area contributed by atoms with E-state index in [2.05, 4.69) is 13.9 Å². The molecule has 0 aliphatic heterocycles. The third-order valence-corrected chi connectivity index (χ3v) is 3.40. The van der Waals surface area contributed by atoms with E-state index in [-0.39, 0.29) is 6.61 Å². The summed E-state index contributed by atoms with van der Waals surface area (Å²) < 4.78 is 86.3. The zero-order valence-electron chi connectivity index (χ0n) is 11.2. The van der Waals surface area contributed by atoms with Crippen LogP contribution in [0.4, 0.5) is 17.6 Å². The molecule has 0 unspecified atom stereocenters. The van der Waals surface area contributed by atoms with Crippen LogP contribution in [0.25, 0.3) is 11.0 Å². The second-order valence-corrected chi connectivity index (χ2v) is 5.50. The van der Waals surface area contributed by atoms with Gasteiger partial charge in [-0.2, -0.15) is 21.6 Å². The van der Waals surface area contributed by atoms with Crippen LogP contribution in [0.15, 0.2) is 16.8 Å². The number of fused-ring (bicyclic) bond motifs is 1. The van der Waals surface area contributed by atoms with Crippen molar-refractivity contribution in [3.05, 3.63) is 24.0 Å². The summed E-state index contributed by atoms with van der Waals surface area (Å²) in [5.41, 5.74) is -6.46. The zero-order chi connectivity index (χ0) is 17.4. The van der Waals surface area contributed by atoms with Crippen LogP contribution in [0.1, 0.15) is 17.5 Å². The molecule has 0 saturated carbocycles. The molecular formula is C11H7F4NO6S. The maximum absolute atomic E-state index is 13.6. The van der Waals surface area contributed by atoms with Crippen molar-refractivity contribution in [2.45, 2.75) is 12.4 Å². The van der Waals surface area contributed by atoms with E-state index in [0.717, 1.165) is 6.20 Å². The van der Waals surface area contributed by atoms with Crippen molar-refractivity contribution in [2.75, 3.05) is 6.61 Å². The van der Waals surface area contributed by atoms with Crippen molar-refractivity contribution in [2.24, 2.45) is 0 Å². The number of alkyl halides is 3. The highest BCUT2D eigenvalue weighted by Gasteiger charge is 2.49. The minimum Gasteiger partial charge on any atom is -0.460 e. The van der Waals surface area contributed by atoms with Gasteiger partial charge in [-0.05, 0) is 6.92 Å². The first-order chi connectivity index (χ1) is 10.6. The van der Waals surface area contributed by atoms with Crippen LogP contribution in [0.5, 0.6) is 5.75 Å². The van der Waals surface area contributed by atoms with E-state index in [4.69, 9.17) is 4.42 Å². The fourth-order valence-corrected chi connectivity index (χ4v) is 2.01. The Hall–Kier alpha value is -2.37. The number of halogens is 4. The molecule has 0 aliphatic rings. The molecule has 0 fully saturated rings. The van der Waals surface area contributed by atoms with E-state index >= 15 is 0 Å². The van der Waals surface area contributed by atoms with Crippen LogP contribution in [-0.4, -0.2) is 31.5 Å². The molecule has 12 heteroatoms. The molecule has 2 aromatic rings. The summed E-state index contributed by atoms with van der Waals surface area (Å²) in [6, 6.07) is 0. The first-order valence-electron chi connectivity index (χ1n) is 5.82. The largest absolute Gasteiger partial charge is 0.534 e. The number of hydrogen-bond donors (Lipinski definition) is 0. The summed E-state index contributed by atoms with van der Waals surface area (Å²) in [7, 11) is -6.11. The zero-order valence-corrected chi connectivity index (χ0v) is 12.0. The van der Waals surface area contributed by atoms with E-state index in [0.29, 0.717) is 6.20 Å². The number of ether oxygens (including phenoxy) is 1. The summed E-state index contributed by atoms with van der Waals surface area (Å²) in [5.74, 6) is -4.63. The quantitative estimate of drug-likeness (QED) is 0.359. The van der Waals surface area contributed by atoms with Crippen LogP contribution in [-0.2, 0) is 14.9 Å². The molecule has 0 N–H and O–H groups in total. The average molecular weight is 357 g/mol. The van der Waals surface area contributed by atoms with Gasteiger partial charge in [0.1, 0.15) is 0 Å². The number of aromatic nitrogens is 1. The minimum absolute atomic E-state index is 0.192. The molecule has 0 radical (unpaired) electrons. The normalized spacial score (nSPS) is 12.4. The molecule has 0 saturated heterocycles. The predicted octanol–water partition coefficient (Wildman–Crippen LogP) is 2.37. The predicted molar refractivity (Wildman–Crippen MR) is 65.5 cm³/mol. The first kappa shape index (κ1) is 17.0. The Balaban J connectivity index is 2.67. The summed E-state index contributed by atoms with van der Waals surface area (Å²) in [5, 5.41) is -0.569. The number of carbonyl (C=O) groups excluding carboxylic acids is 1. The Morgan fingerprint density at radius 2 is 2.00 bits per heavy atom. The Bertz CT molecular complexity index is 857. The molecule has 0 amide bonds. The summed E-state index contributed by atoms with van der Waals surface area (Å²) in [6.07, 6.45) is 1.44. The highest BCUT2D eigenvalue weighted by Crippen LogP contribution is 2.37. The third kappa shape index (κ3) is 3.06. The standard InChI is InChI=1S/C11H7F4NO6S/c1-2-20-10(17)9-8(22-23(18,19)11(13,14)15)5-3-16-4-6(12)7(5)21-9/h3-4H,2H2,1H3. The van der Waals surface area contributed by atoms with Crippen molar-refractivity contribution in [1.29, 1.82) is 0 Å². The van der Waals surface area contributed by atoms with Gasteiger partial charge < -0.3 is 13.3 Å². The molecule has 0 aliphatic carbocycles. The van der Waals surface area contributed by atoms with E-state index < -0.39 is 49.9 Å². The SMILES string of the molecule is CCOC(=O)c1oc2c(F)cncc2c1OS(=O)(=O)C(F)(F)F. The van der Waals surface area contributed by atoms with Crippen molar-refractivity contribution < 1.29 is 44.1 Å².